The summed E-state index contributed by atoms with van der Waals surface area (Å²) in [6.07, 6.45) is -0.114. The molecule has 0 aliphatic heterocycles. The standard InChI is InChI=1S/C20H15F3N2O2/c1-27-18-11-3-2-6-14(18)7-4-8-15(13-24)19(26)25-17-10-5-9-16(12-17)20(21,22)23/h2-12H,1H3,(H,25,26)/b7-4+,15-8+. The number of carbonyl (C=O) groups excluding carboxylic acids is 1. The first-order chi connectivity index (χ1) is 12.8. The van der Waals surface area contributed by atoms with Gasteiger partial charge in [0.2, 0.25) is 0 Å². The van der Waals surface area contributed by atoms with Crippen molar-refractivity contribution in [3.63, 3.8) is 0 Å². The number of rotatable bonds is 5. The molecule has 1 amide bonds. The van der Waals surface area contributed by atoms with E-state index >= 15 is 0 Å². The van der Waals surface area contributed by atoms with Crippen LogP contribution in [0.1, 0.15) is 11.1 Å². The van der Waals surface area contributed by atoms with E-state index in [4.69, 9.17) is 10.00 Å². The maximum Gasteiger partial charge on any atom is 0.416 e. The summed E-state index contributed by atoms with van der Waals surface area (Å²) in [4.78, 5) is 12.1. The van der Waals surface area contributed by atoms with Gasteiger partial charge >= 0.3 is 6.18 Å². The molecule has 0 radical (unpaired) electrons. The molecule has 27 heavy (non-hydrogen) atoms. The third-order valence-electron chi connectivity index (χ3n) is 3.49. The number of nitrogens with one attached hydrogen (secondary N) is 1. The van der Waals surface area contributed by atoms with E-state index in [1.54, 1.807) is 36.4 Å². The summed E-state index contributed by atoms with van der Waals surface area (Å²) in [5.41, 5.74) is -0.450. The molecular formula is C20H15F3N2O2. The number of alkyl halides is 3. The molecule has 0 heterocycles. The minimum atomic E-state index is -4.52. The number of hydrogen-bond donors (Lipinski definition) is 1. The van der Waals surface area contributed by atoms with E-state index in [0.29, 0.717) is 5.75 Å². The van der Waals surface area contributed by atoms with Crippen molar-refractivity contribution in [2.75, 3.05) is 12.4 Å². The fraction of sp³-hybridized carbons (Fsp3) is 0.100. The molecule has 2 rings (SSSR count). The summed E-state index contributed by atoms with van der Waals surface area (Å²) in [5.74, 6) is -0.185. The molecule has 2 aromatic carbocycles. The van der Waals surface area contributed by atoms with Crippen molar-refractivity contribution in [1.29, 1.82) is 5.26 Å². The molecule has 0 atom stereocenters. The van der Waals surface area contributed by atoms with Crippen molar-refractivity contribution in [3.05, 3.63) is 77.4 Å². The highest BCUT2D eigenvalue weighted by atomic mass is 19.4. The van der Waals surface area contributed by atoms with Crippen molar-refractivity contribution in [2.24, 2.45) is 0 Å². The molecule has 0 saturated heterocycles. The van der Waals surface area contributed by atoms with Crippen molar-refractivity contribution < 1.29 is 22.7 Å². The molecule has 0 fully saturated rings. The van der Waals surface area contributed by atoms with Crippen molar-refractivity contribution in [2.45, 2.75) is 6.18 Å². The highest BCUT2D eigenvalue weighted by Crippen LogP contribution is 2.30. The second-order valence-corrected chi connectivity index (χ2v) is 5.33. The van der Waals surface area contributed by atoms with Gasteiger partial charge in [-0.3, -0.25) is 4.79 Å². The first kappa shape index (κ1) is 19.8. The molecule has 0 bridgehead atoms. The van der Waals surface area contributed by atoms with Crippen molar-refractivity contribution in [3.8, 4) is 11.8 Å². The fourth-order valence-electron chi connectivity index (χ4n) is 2.19. The van der Waals surface area contributed by atoms with E-state index in [1.807, 2.05) is 0 Å². The SMILES string of the molecule is COc1ccccc1/C=C/C=C(\C#N)C(=O)Nc1cccc(C(F)(F)F)c1. The molecule has 138 valence electrons. The second-order valence-electron chi connectivity index (χ2n) is 5.33. The molecule has 4 nitrogen and oxygen atoms in total. The molecule has 2 aromatic rings. The molecular weight excluding hydrogens is 357 g/mol. The van der Waals surface area contributed by atoms with E-state index in [1.165, 1.54) is 31.4 Å². The van der Waals surface area contributed by atoms with Gasteiger partial charge in [-0.25, -0.2) is 0 Å². The molecule has 0 aliphatic rings. The summed E-state index contributed by atoms with van der Waals surface area (Å²) in [6, 6.07) is 13.1. The minimum absolute atomic E-state index is 0.0512. The average molecular weight is 372 g/mol. The number of halogens is 3. The number of hydrogen-bond acceptors (Lipinski definition) is 3. The van der Waals surface area contributed by atoms with E-state index in [9.17, 15) is 18.0 Å². The summed E-state index contributed by atoms with van der Waals surface area (Å²) in [5, 5.41) is 11.4. The Bertz CT molecular complexity index is 925. The number of ether oxygens (including phenoxy) is 1. The number of allylic oxidation sites excluding steroid dienone is 2. The molecule has 0 spiro atoms. The predicted molar refractivity (Wildman–Crippen MR) is 95.8 cm³/mol. The Balaban J connectivity index is 2.15. The zero-order chi connectivity index (χ0) is 19.9. The van der Waals surface area contributed by atoms with Crippen LogP contribution in [0.3, 0.4) is 0 Å². The van der Waals surface area contributed by atoms with Gasteiger partial charge in [0.15, 0.2) is 0 Å². The summed E-state index contributed by atoms with van der Waals surface area (Å²) >= 11 is 0. The van der Waals surface area contributed by atoms with E-state index in [2.05, 4.69) is 5.32 Å². The van der Waals surface area contributed by atoms with Crippen molar-refractivity contribution >= 4 is 17.7 Å². The molecule has 0 saturated carbocycles. The first-order valence-corrected chi connectivity index (χ1v) is 7.75. The zero-order valence-electron chi connectivity index (χ0n) is 14.2. The Hall–Kier alpha value is -3.53. The lowest BCUT2D eigenvalue weighted by molar-refractivity contribution is -0.137. The number of nitriles is 1. The largest absolute Gasteiger partial charge is 0.496 e. The fourth-order valence-corrected chi connectivity index (χ4v) is 2.19. The number of benzene rings is 2. The van der Waals surface area contributed by atoms with Crippen LogP contribution >= 0.6 is 0 Å². The molecule has 0 aromatic heterocycles. The number of para-hydroxylation sites is 1. The Labute approximate surface area is 154 Å². The van der Waals surface area contributed by atoms with Crippen LogP contribution in [-0.4, -0.2) is 13.0 Å². The van der Waals surface area contributed by atoms with E-state index < -0.39 is 17.6 Å². The zero-order valence-corrected chi connectivity index (χ0v) is 14.2. The smallest absolute Gasteiger partial charge is 0.416 e. The number of anilines is 1. The number of methoxy groups -OCH3 is 1. The van der Waals surface area contributed by atoms with Crippen LogP contribution in [0.4, 0.5) is 18.9 Å². The monoisotopic (exact) mass is 372 g/mol. The van der Waals surface area contributed by atoms with Crippen LogP contribution in [0.2, 0.25) is 0 Å². The lowest BCUT2D eigenvalue weighted by Gasteiger charge is -2.09. The Morgan fingerprint density at radius 1 is 1.19 bits per heavy atom. The van der Waals surface area contributed by atoms with Crippen LogP contribution in [0.25, 0.3) is 6.08 Å². The Morgan fingerprint density at radius 3 is 2.59 bits per heavy atom. The topological polar surface area (TPSA) is 62.1 Å². The van der Waals surface area contributed by atoms with E-state index in [-0.39, 0.29) is 11.3 Å². The van der Waals surface area contributed by atoms with Gasteiger partial charge < -0.3 is 10.1 Å². The van der Waals surface area contributed by atoms with Crippen molar-refractivity contribution in [1.82, 2.24) is 0 Å². The van der Waals surface area contributed by atoms with Crippen LogP contribution in [0.15, 0.2) is 66.3 Å². The Kier molecular flexibility index (Phi) is 6.39. The average Bonchev–Trinajstić information content (AvgIpc) is 2.65. The Morgan fingerprint density at radius 2 is 1.93 bits per heavy atom. The summed E-state index contributed by atoms with van der Waals surface area (Å²) in [7, 11) is 1.52. The number of amides is 1. The van der Waals surface area contributed by atoms with E-state index in [0.717, 1.165) is 17.7 Å². The summed E-state index contributed by atoms with van der Waals surface area (Å²) < 4.78 is 43.4. The quantitative estimate of drug-likeness (QED) is 0.465. The minimum Gasteiger partial charge on any atom is -0.496 e. The third kappa shape index (κ3) is 5.47. The summed E-state index contributed by atoms with van der Waals surface area (Å²) in [6.45, 7) is 0. The molecule has 1 N–H and O–H groups in total. The van der Waals surface area contributed by atoms with Gasteiger partial charge in [-0.05, 0) is 30.3 Å². The third-order valence-corrected chi connectivity index (χ3v) is 3.49. The van der Waals surface area contributed by atoms with Gasteiger partial charge in [0.05, 0.1) is 12.7 Å². The first-order valence-electron chi connectivity index (χ1n) is 7.75. The van der Waals surface area contributed by atoms with Crippen LogP contribution in [-0.2, 0) is 11.0 Å². The maximum atomic E-state index is 12.7. The second kappa shape index (κ2) is 8.72. The normalized spacial score (nSPS) is 11.9. The van der Waals surface area contributed by atoms with Gasteiger partial charge in [0, 0.05) is 11.3 Å². The van der Waals surface area contributed by atoms with Crippen LogP contribution in [0.5, 0.6) is 5.75 Å². The number of carbonyl (C=O) groups is 1. The highest BCUT2D eigenvalue weighted by molar-refractivity contribution is 6.06. The van der Waals surface area contributed by atoms with Gasteiger partial charge in [-0.1, -0.05) is 36.4 Å². The molecule has 7 heteroatoms. The lowest BCUT2D eigenvalue weighted by atomic mass is 10.1. The molecule has 0 aliphatic carbocycles. The van der Waals surface area contributed by atoms with Gasteiger partial charge in [0.1, 0.15) is 17.4 Å². The number of nitrogens with zero attached hydrogens (tertiary/aromatic N) is 1. The van der Waals surface area contributed by atoms with Crippen LogP contribution < -0.4 is 10.1 Å². The van der Waals surface area contributed by atoms with Crippen LogP contribution in [0, 0.1) is 11.3 Å². The predicted octanol–water partition coefficient (Wildman–Crippen LogP) is 4.82. The highest BCUT2D eigenvalue weighted by Gasteiger charge is 2.30. The van der Waals surface area contributed by atoms with Gasteiger partial charge in [-0.15, -0.1) is 0 Å². The van der Waals surface area contributed by atoms with Gasteiger partial charge in [-0.2, -0.15) is 18.4 Å². The van der Waals surface area contributed by atoms with Gasteiger partial charge in [0.25, 0.3) is 5.91 Å². The maximum absolute atomic E-state index is 12.7. The molecule has 0 unspecified atom stereocenters. The lowest BCUT2D eigenvalue weighted by Crippen LogP contribution is -2.14.